The zero-order valence-electron chi connectivity index (χ0n) is 7.12. The first-order valence-corrected chi connectivity index (χ1v) is 3.98. The molecule has 0 radical (unpaired) electrons. The lowest BCUT2D eigenvalue weighted by molar-refractivity contribution is -0.0197. The molecule has 1 rings (SSSR count). The van der Waals surface area contributed by atoms with Crippen molar-refractivity contribution in [2.75, 3.05) is 33.3 Å². The van der Waals surface area contributed by atoms with Gasteiger partial charge in [-0.15, -0.1) is 0 Å². The highest BCUT2D eigenvalue weighted by Crippen LogP contribution is 2.03. The molecule has 5 heteroatoms. The molecule has 1 saturated heterocycles. The fourth-order valence-corrected chi connectivity index (χ4v) is 1.24. The quantitative estimate of drug-likeness (QED) is 0.597. The topological polar surface area (TPSA) is 61.8 Å². The molecular weight excluding hydrogens is 160 g/mol. The van der Waals surface area contributed by atoms with Crippen LogP contribution in [0, 0.1) is 0 Å². The molecule has 0 unspecified atom stereocenters. The number of rotatable bonds is 2. The normalized spacial score (nSPS) is 24.1. The van der Waals surface area contributed by atoms with Crippen molar-refractivity contribution in [3.8, 4) is 0 Å². The maximum absolute atomic E-state index is 10.6. The van der Waals surface area contributed by atoms with E-state index in [0.717, 1.165) is 0 Å². The summed E-state index contributed by atoms with van der Waals surface area (Å²) in [6.07, 6.45) is -0.862. The Morgan fingerprint density at radius 3 is 3.17 bits per heavy atom. The molecule has 70 valence electrons. The molecule has 0 aromatic heterocycles. The zero-order valence-corrected chi connectivity index (χ0v) is 7.12. The maximum Gasteiger partial charge on any atom is 0.407 e. The molecule has 1 aliphatic heterocycles. The largest absolute Gasteiger partial charge is 0.465 e. The first-order valence-electron chi connectivity index (χ1n) is 3.98. The molecule has 1 aliphatic rings. The Balaban J connectivity index is 2.35. The van der Waals surface area contributed by atoms with Gasteiger partial charge in [-0.05, 0) is 7.05 Å². The Bertz CT molecular complexity index is 161. The van der Waals surface area contributed by atoms with Gasteiger partial charge in [-0.3, -0.25) is 0 Å². The molecule has 12 heavy (non-hydrogen) atoms. The van der Waals surface area contributed by atoms with E-state index in [1.807, 2.05) is 7.05 Å². The Morgan fingerprint density at radius 1 is 1.83 bits per heavy atom. The van der Waals surface area contributed by atoms with E-state index < -0.39 is 6.09 Å². The van der Waals surface area contributed by atoms with Crippen LogP contribution in [0.5, 0.6) is 0 Å². The molecule has 0 aliphatic carbocycles. The summed E-state index contributed by atoms with van der Waals surface area (Å²) in [6.45, 7) is 2.15. The summed E-state index contributed by atoms with van der Waals surface area (Å²) in [4.78, 5) is 11.9. The van der Waals surface area contributed by atoms with Crippen molar-refractivity contribution in [2.45, 2.75) is 6.10 Å². The zero-order chi connectivity index (χ0) is 8.97. The standard InChI is InChI=1S/C7H14N2O3/c1-8-4-6-5-9(7(10)11)2-3-12-6/h6,8H,2-5H2,1H3,(H,10,11)/t6-/m0/s1. The molecule has 0 aromatic rings. The number of hydrogen-bond acceptors (Lipinski definition) is 3. The minimum atomic E-state index is -0.862. The summed E-state index contributed by atoms with van der Waals surface area (Å²) < 4.78 is 5.33. The lowest BCUT2D eigenvalue weighted by Crippen LogP contribution is -2.48. The number of carboxylic acid groups (broad SMARTS) is 1. The lowest BCUT2D eigenvalue weighted by atomic mass is 10.3. The van der Waals surface area contributed by atoms with Gasteiger partial charge >= 0.3 is 6.09 Å². The smallest absolute Gasteiger partial charge is 0.407 e. The monoisotopic (exact) mass is 174 g/mol. The predicted octanol–water partition coefficient (Wildman–Crippen LogP) is -0.415. The number of morpholine rings is 1. The van der Waals surface area contributed by atoms with Crippen molar-refractivity contribution in [3.05, 3.63) is 0 Å². The van der Waals surface area contributed by atoms with Gasteiger partial charge in [0, 0.05) is 13.1 Å². The van der Waals surface area contributed by atoms with Gasteiger partial charge in [-0.25, -0.2) is 4.79 Å². The van der Waals surface area contributed by atoms with Crippen molar-refractivity contribution in [1.29, 1.82) is 0 Å². The Kier molecular flexibility index (Phi) is 3.31. The number of nitrogens with one attached hydrogen (secondary N) is 1. The van der Waals surface area contributed by atoms with Gasteiger partial charge in [-0.2, -0.15) is 0 Å². The fourth-order valence-electron chi connectivity index (χ4n) is 1.24. The molecule has 1 fully saturated rings. The van der Waals surface area contributed by atoms with Gasteiger partial charge in [0.05, 0.1) is 19.3 Å². The summed E-state index contributed by atoms with van der Waals surface area (Å²) in [7, 11) is 1.82. The molecule has 2 N–H and O–H groups in total. The van der Waals surface area contributed by atoms with Gasteiger partial charge < -0.3 is 20.1 Å². The van der Waals surface area contributed by atoms with Crippen LogP contribution in [0.2, 0.25) is 0 Å². The molecule has 1 amide bonds. The second kappa shape index (κ2) is 4.27. The Hall–Kier alpha value is -0.810. The van der Waals surface area contributed by atoms with Crippen molar-refractivity contribution < 1.29 is 14.6 Å². The van der Waals surface area contributed by atoms with Crippen LogP contribution in [-0.4, -0.2) is 55.5 Å². The van der Waals surface area contributed by atoms with Crippen molar-refractivity contribution >= 4 is 6.09 Å². The van der Waals surface area contributed by atoms with E-state index in [4.69, 9.17) is 9.84 Å². The number of ether oxygens (including phenoxy) is 1. The van der Waals surface area contributed by atoms with Gasteiger partial charge in [0.25, 0.3) is 0 Å². The molecule has 0 saturated carbocycles. The summed E-state index contributed by atoms with van der Waals surface area (Å²) in [5, 5.41) is 11.6. The molecular formula is C7H14N2O3. The molecule has 0 spiro atoms. The van der Waals surface area contributed by atoms with Crippen molar-refractivity contribution in [1.82, 2.24) is 10.2 Å². The second-order valence-electron chi connectivity index (χ2n) is 2.78. The van der Waals surface area contributed by atoms with Crippen molar-refractivity contribution in [3.63, 3.8) is 0 Å². The maximum atomic E-state index is 10.6. The summed E-state index contributed by atoms with van der Waals surface area (Å²) in [5.41, 5.74) is 0. The van der Waals surface area contributed by atoms with E-state index in [2.05, 4.69) is 5.32 Å². The van der Waals surface area contributed by atoms with Gasteiger partial charge in [-0.1, -0.05) is 0 Å². The Morgan fingerprint density at radius 2 is 2.58 bits per heavy atom. The first-order chi connectivity index (χ1) is 5.74. The summed E-state index contributed by atoms with van der Waals surface area (Å²) in [6, 6.07) is 0. The highest BCUT2D eigenvalue weighted by molar-refractivity contribution is 5.65. The van der Waals surface area contributed by atoms with Crippen LogP contribution in [0.25, 0.3) is 0 Å². The van der Waals surface area contributed by atoms with E-state index in [1.54, 1.807) is 0 Å². The highest BCUT2D eigenvalue weighted by atomic mass is 16.5. The molecule has 5 nitrogen and oxygen atoms in total. The fraction of sp³-hybridized carbons (Fsp3) is 0.857. The molecule has 0 bridgehead atoms. The summed E-state index contributed by atoms with van der Waals surface area (Å²) in [5.74, 6) is 0. The average Bonchev–Trinajstić information content (AvgIpc) is 2.05. The van der Waals surface area contributed by atoms with Crippen LogP contribution in [-0.2, 0) is 4.74 Å². The van der Waals surface area contributed by atoms with E-state index in [9.17, 15) is 4.79 Å². The van der Waals surface area contributed by atoms with Crippen LogP contribution in [0.3, 0.4) is 0 Å². The van der Waals surface area contributed by atoms with Gasteiger partial charge in [0.2, 0.25) is 0 Å². The van der Waals surface area contributed by atoms with Crippen LogP contribution in [0.1, 0.15) is 0 Å². The second-order valence-corrected chi connectivity index (χ2v) is 2.78. The number of likely N-dealkylation sites (N-methyl/N-ethyl adjacent to an activating group) is 1. The van der Waals surface area contributed by atoms with E-state index in [0.29, 0.717) is 26.2 Å². The molecule has 1 heterocycles. The van der Waals surface area contributed by atoms with Crippen LogP contribution >= 0.6 is 0 Å². The molecule has 1 atom stereocenters. The summed E-state index contributed by atoms with van der Waals surface area (Å²) >= 11 is 0. The minimum Gasteiger partial charge on any atom is -0.465 e. The predicted molar refractivity (Wildman–Crippen MR) is 43.3 cm³/mol. The van der Waals surface area contributed by atoms with Crippen LogP contribution in [0.4, 0.5) is 4.79 Å². The SMILES string of the molecule is CNC[C@H]1CN(C(=O)O)CCO1. The van der Waals surface area contributed by atoms with Gasteiger partial charge in [0.15, 0.2) is 0 Å². The lowest BCUT2D eigenvalue weighted by Gasteiger charge is -2.30. The minimum absolute atomic E-state index is 0.000139. The molecule has 0 aromatic carbocycles. The average molecular weight is 174 g/mol. The number of amides is 1. The third-order valence-corrected chi connectivity index (χ3v) is 1.84. The third kappa shape index (κ3) is 2.35. The number of carbonyl (C=O) groups is 1. The van der Waals surface area contributed by atoms with E-state index in [1.165, 1.54) is 4.90 Å². The Labute approximate surface area is 71.3 Å². The van der Waals surface area contributed by atoms with Crippen LogP contribution < -0.4 is 5.32 Å². The number of hydrogen-bond donors (Lipinski definition) is 2. The van der Waals surface area contributed by atoms with E-state index in [-0.39, 0.29) is 6.10 Å². The number of nitrogens with zero attached hydrogens (tertiary/aromatic N) is 1. The third-order valence-electron chi connectivity index (χ3n) is 1.84. The highest BCUT2D eigenvalue weighted by Gasteiger charge is 2.22. The van der Waals surface area contributed by atoms with Crippen molar-refractivity contribution in [2.24, 2.45) is 0 Å². The van der Waals surface area contributed by atoms with Crippen LogP contribution in [0.15, 0.2) is 0 Å². The van der Waals surface area contributed by atoms with E-state index >= 15 is 0 Å². The first kappa shape index (κ1) is 9.28. The van der Waals surface area contributed by atoms with Gasteiger partial charge in [0.1, 0.15) is 0 Å².